The van der Waals surface area contributed by atoms with Crippen molar-refractivity contribution in [1.82, 2.24) is 24.6 Å². The van der Waals surface area contributed by atoms with Crippen LogP contribution in [0.4, 0.5) is 5.69 Å². The van der Waals surface area contributed by atoms with Crippen molar-refractivity contribution < 1.29 is 4.79 Å². The lowest BCUT2D eigenvalue weighted by Gasteiger charge is -2.05. The summed E-state index contributed by atoms with van der Waals surface area (Å²) < 4.78 is 3.66. The van der Waals surface area contributed by atoms with Crippen molar-refractivity contribution in [2.45, 2.75) is 13.5 Å². The van der Waals surface area contributed by atoms with Crippen molar-refractivity contribution in [2.24, 2.45) is 7.05 Å². The van der Waals surface area contributed by atoms with Gasteiger partial charge in [0.05, 0.1) is 23.1 Å². The Labute approximate surface area is 125 Å². The number of fused-ring (bicyclic) bond motifs is 1. The third-order valence-electron chi connectivity index (χ3n) is 3.30. The fourth-order valence-corrected chi connectivity index (χ4v) is 3.40. The number of nitrogens with two attached hydrogens (primary N) is 1. The monoisotopic (exact) mass is 304 g/mol. The predicted octanol–water partition coefficient (Wildman–Crippen LogP) is 1.15. The molecule has 110 valence electrons. The van der Waals surface area contributed by atoms with Crippen molar-refractivity contribution in [3.05, 3.63) is 29.3 Å². The van der Waals surface area contributed by atoms with E-state index in [1.807, 2.05) is 24.7 Å². The molecular formula is C13H16N6OS. The van der Waals surface area contributed by atoms with Crippen LogP contribution in [-0.2, 0) is 13.6 Å². The summed E-state index contributed by atoms with van der Waals surface area (Å²) in [6, 6.07) is 0. The second-order valence-electron chi connectivity index (χ2n) is 4.79. The van der Waals surface area contributed by atoms with E-state index in [1.165, 1.54) is 11.3 Å². The molecule has 7 nitrogen and oxygen atoms in total. The van der Waals surface area contributed by atoms with Crippen LogP contribution >= 0.6 is 11.3 Å². The van der Waals surface area contributed by atoms with E-state index >= 15 is 0 Å². The first-order valence-corrected chi connectivity index (χ1v) is 7.35. The molecule has 3 rings (SSSR count). The highest BCUT2D eigenvalue weighted by atomic mass is 32.1. The van der Waals surface area contributed by atoms with Gasteiger partial charge in [-0.2, -0.15) is 5.10 Å². The molecule has 0 spiro atoms. The highest BCUT2D eigenvalue weighted by molar-refractivity contribution is 7.21. The molecule has 3 N–H and O–H groups in total. The molecule has 0 atom stereocenters. The van der Waals surface area contributed by atoms with Crippen molar-refractivity contribution in [3.8, 4) is 0 Å². The average molecular weight is 304 g/mol. The van der Waals surface area contributed by atoms with Crippen molar-refractivity contribution >= 4 is 33.1 Å². The van der Waals surface area contributed by atoms with E-state index in [9.17, 15) is 4.79 Å². The summed E-state index contributed by atoms with van der Waals surface area (Å²) in [5.41, 5.74) is 7.46. The molecule has 0 unspecified atom stereocenters. The number of amides is 1. The highest BCUT2D eigenvalue weighted by Gasteiger charge is 2.20. The molecule has 8 heteroatoms. The number of carbonyl (C=O) groups is 1. The summed E-state index contributed by atoms with van der Waals surface area (Å²) in [7, 11) is 1.85. The number of imidazole rings is 1. The van der Waals surface area contributed by atoms with Gasteiger partial charge in [-0.25, -0.2) is 4.98 Å². The molecule has 1 amide bonds. The Hall–Kier alpha value is -2.35. The van der Waals surface area contributed by atoms with E-state index in [0.29, 0.717) is 23.7 Å². The van der Waals surface area contributed by atoms with Crippen LogP contribution in [0.15, 0.2) is 18.7 Å². The average Bonchev–Trinajstić information content (AvgIpc) is 3.11. The Morgan fingerprint density at radius 2 is 2.33 bits per heavy atom. The van der Waals surface area contributed by atoms with Crippen LogP contribution in [0.3, 0.4) is 0 Å². The zero-order valence-electron chi connectivity index (χ0n) is 11.8. The fraction of sp³-hybridized carbons (Fsp3) is 0.308. The third kappa shape index (κ3) is 2.38. The van der Waals surface area contributed by atoms with E-state index in [4.69, 9.17) is 5.73 Å². The van der Waals surface area contributed by atoms with Crippen LogP contribution in [0.2, 0.25) is 0 Å². The Kier molecular flexibility index (Phi) is 3.38. The SMILES string of the molecule is Cc1nn(C)c2sc(C(=O)NCCn3ccnc3)c(N)c12. The molecule has 0 radical (unpaired) electrons. The maximum atomic E-state index is 12.2. The number of aromatic nitrogens is 4. The van der Waals surface area contributed by atoms with E-state index < -0.39 is 0 Å². The summed E-state index contributed by atoms with van der Waals surface area (Å²) in [5, 5.41) is 8.07. The largest absolute Gasteiger partial charge is 0.397 e. The second-order valence-corrected chi connectivity index (χ2v) is 5.79. The first kappa shape index (κ1) is 13.6. The molecule has 0 saturated carbocycles. The molecular weight excluding hydrogens is 288 g/mol. The summed E-state index contributed by atoms with van der Waals surface area (Å²) in [6.45, 7) is 3.10. The summed E-state index contributed by atoms with van der Waals surface area (Å²) in [5.74, 6) is -0.145. The minimum absolute atomic E-state index is 0.145. The topological polar surface area (TPSA) is 90.8 Å². The van der Waals surface area contributed by atoms with Gasteiger partial charge in [0.15, 0.2) is 0 Å². The van der Waals surface area contributed by atoms with Crippen molar-refractivity contribution in [1.29, 1.82) is 0 Å². The van der Waals surface area contributed by atoms with Crippen LogP contribution in [0.25, 0.3) is 10.2 Å². The first-order valence-electron chi connectivity index (χ1n) is 6.53. The summed E-state index contributed by atoms with van der Waals surface area (Å²) >= 11 is 1.37. The molecule has 3 aromatic heterocycles. The van der Waals surface area contributed by atoms with E-state index in [2.05, 4.69) is 15.4 Å². The number of nitrogens with zero attached hydrogens (tertiary/aromatic N) is 4. The Balaban J connectivity index is 1.75. The molecule has 21 heavy (non-hydrogen) atoms. The number of aryl methyl sites for hydroxylation is 2. The number of anilines is 1. The van der Waals surface area contributed by atoms with Gasteiger partial charge in [0.2, 0.25) is 0 Å². The molecule has 0 fully saturated rings. The molecule has 0 aliphatic carbocycles. The number of rotatable bonds is 4. The molecule has 0 bridgehead atoms. The molecule has 0 aromatic carbocycles. The van der Waals surface area contributed by atoms with Gasteiger partial charge in [0.1, 0.15) is 9.71 Å². The Morgan fingerprint density at radius 1 is 1.52 bits per heavy atom. The van der Waals surface area contributed by atoms with E-state index in [1.54, 1.807) is 17.2 Å². The third-order valence-corrected chi connectivity index (χ3v) is 4.57. The van der Waals surface area contributed by atoms with Crippen LogP contribution in [0, 0.1) is 6.92 Å². The van der Waals surface area contributed by atoms with Crippen LogP contribution < -0.4 is 11.1 Å². The Bertz CT molecular complexity index is 785. The van der Waals surface area contributed by atoms with Crippen LogP contribution in [0.1, 0.15) is 15.4 Å². The maximum absolute atomic E-state index is 12.2. The molecule has 3 heterocycles. The smallest absolute Gasteiger partial charge is 0.263 e. The van der Waals surface area contributed by atoms with Gasteiger partial charge in [-0.15, -0.1) is 11.3 Å². The van der Waals surface area contributed by atoms with Crippen molar-refractivity contribution in [3.63, 3.8) is 0 Å². The quantitative estimate of drug-likeness (QED) is 0.756. The number of nitrogen functional groups attached to an aromatic ring is 1. The van der Waals surface area contributed by atoms with Gasteiger partial charge in [0, 0.05) is 32.5 Å². The summed E-state index contributed by atoms with van der Waals surface area (Å²) in [4.78, 5) is 17.7. The Morgan fingerprint density at radius 3 is 3.00 bits per heavy atom. The van der Waals surface area contributed by atoms with Crippen molar-refractivity contribution in [2.75, 3.05) is 12.3 Å². The van der Waals surface area contributed by atoms with Gasteiger partial charge in [-0.1, -0.05) is 0 Å². The highest BCUT2D eigenvalue weighted by Crippen LogP contribution is 2.35. The number of nitrogens with one attached hydrogen (secondary N) is 1. The number of thiophene rings is 1. The summed E-state index contributed by atoms with van der Waals surface area (Å²) in [6.07, 6.45) is 5.28. The predicted molar refractivity (Wildman–Crippen MR) is 82.3 cm³/mol. The number of carbonyl (C=O) groups excluding carboxylic acids is 1. The minimum Gasteiger partial charge on any atom is -0.397 e. The van der Waals surface area contributed by atoms with Crippen LogP contribution in [0.5, 0.6) is 0 Å². The van der Waals surface area contributed by atoms with Crippen LogP contribution in [-0.4, -0.2) is 31.8 Å². The van der Waals surface area contributed by atoms with E-state index in [-0.39, 0.29) is 5.91 Å². The van der Waals surface area contributed by atoms with Gasteiger partial charge in [-0.3, -0.25) is 9.48 Å². The lowest BCUT2D eigenvalue weighted by Crippen LogP contribution is -2.26. The van der Waals surface area contributed by atoms with Gasteiger partial charge < -0.3 is 15.6 Å². The minimum atomic E-state index is -0.145. The van der Waals surface area contributed by atoms with Gasteiger partial charge >= 0.3 is 0 Å². The second kappa shape index (κ2) is 5.21. The fourth-order valence-electron chi connectivity index (χ4n) is 2.30. The lowest BCUT2D eigenvalue weighted by molar-refractivity contribution is 0.0957. The maximum Gasteiger partial charge on any atom is 0.263 e. The number of hydrogen-bond donors (Lipinski definition) is 2. The van der Waals surface area contributed by atoms with E-state index in [0.717, 1.165) is 15.9 Å². The zero-order chi connectivity index (χ0) is 15.0. The normalized spacial score (nSPS) is 11.1. The zero-order valence-corrected chi connectivity index (χ0v) is 12.6. The standard InChI is InChI=1S/C13H16N6OS/c1-8-9-10(14)11(21-13(9)18(2)17-8)12(20)16-4-6-19-5-3-15-7-19/h3,5,7H,4,6,14H2,1-2H3,(H,16,20). The molecule has 0 aliphatic heterocycles. The lowest BCUT2D eigenvalue weighted by atomic mass is 10.2. The molecule has 0 saturated heterocycles. The first-order chi connectivity index (χ1) is 10.1. The molecule has 0 aliphatic rings. The number of hydrogen-bond acceptors (Lipinski definition) is 5. The van der Waals surface area contributed by atoms with Gasteiger partial charge in [-0.05, 0) is 6.92 Å². The molecule has 3 aromatic rings. The van der Waals surface area contributed by atoms with Gasteiger partial charge in [0.25, 0.3) is 5.91 Å².